The number of ether oxygens (including phenoxy) is 2. The highest BCUT2D eigenvalue weighted by atomic mass is 79.9. The van der Waals surface area contributed by atoms with Crippen molar-refractivity contribution in [3.05, 3.63) is 52.6 Å². The number of rotatable bonds is 5. The molecular formula is C22H22BrN5O2. The smallest absolute Gasteiger partial charge is 0.227 e. The van der Waals surface area contributed by atoms with Gasteiger partial charge in [0.25, 0.3) is 0 Å². The average molecular weight is 468 g/mol. The van der Waals surface area contributed by atoms with E-state index in [0.717, 1.165) is 51.9 Å². The lowest BCUT2D eigenvalue weighted by atomic mass is 10.00. The van der Waals surface area contributed by atoms with Gasteiger partial charge in [-0.25, -0.2) is 9.97 Å². The first-order chi connectivity index (χ1) is 14.6. The van der Waals surface area contributed by atoms with E-state index in [1.165, 1.54) is 0 Å². The SMILES string of the molecule is CN1CC(c2cc(Nc3ncc4cc(Br)ccc4n3)cc(OC3CCOC3)c2)C=N1. The van der Waals surface area contributed by atoms with Crippen molar-refractivity contribution in [3.8, 4) is 5.75 Å². The van der Waals surface area contributed by atoms with Crippen molar-refractivity contribution in [2.75, 3.05) is 32.1 Å². The maximum absolute atomic E-state index is 6.20. The van der Waals surface area contributed by atoms with Gasteiger partial charge < -0.3 is 14.8 Å². The molecule has 1 N–H and O–H groups in total. The van der Waals surface area contributed by atoms with Gasteiger partial charge in [0.05, 0.1) is 18.7 Å². The van der Waals surface area contributed by atoms with Crippen molar-refractivity contribution in [2.24, 2.45) is 5.10 Å². The van der Waals surface area contributed by atoms with E-state index in [0.29, 0.717) is 12.6 Å². The van der Waals surface area contributed by atoms with Crippen LogP contribution in [0.3, 0.4) is 0 Å². The van der Waals surface area contributed by atoms with Crippen LogP contribution in [0.4, 0.5) is 11.6 Å². The fourth-order valence-electron chi connectivity index (χ4n) is 3.73. The largest absolute Gasteiger partial charge is 0.488 e. The molecule has 5 rings (SSSR count). The Balaban J connectivity index is 1.45. The molecule has 1 saturated heterocycles. The normalized spacial score (nSPS) is 20.8. The summed E-state index contributed by atoms with van der Waals surface area (Å²) < 4.78 is 12.7. The number of halogens is 1. The van der Waals surface area contributed by atoms with E-state index in [4.69, 9.17) is 9.47 Å². The van der Waals surface area contributed by atoms with E-state index < -0.39 is 0 Å². The van der Waals surface area contributed by atoms with Crippen LogP contribution in [0.5, 0.6) is 5.75 Å². The molecule has 7 nitrogen and oxygen atoms in total. The molecule has 1 fully saturated rings. The standard InChI is InChI=1S/C22H22BrN5O2/c1-28-12-16(11-25-28)14-7-18(9-20(8-14)30-19-4-5-29-13-19)26-22-24-10-15-6-17(23)2-3-21(15)27-22/h2-3,6-11,16,19H,4-5,12-13H2,1H3,(H,24,26,27). The number of aromatic nitrogens is 2. The molecule has 3 heterocycles. The van der Waals surface area contributed by atoms with Gasteiger partial charge in [0.15, 0.2) is 0 Å². The number of likely N-dealkylation sites (N-methyl/N-ethyl adjacent to an activating group) is 1. The summed E-state index contributed by atoms with van der Waals surface area (Å²) in [4.78, 5) is 9.12. The molecular weight excluding hydrogens is 446 g/mol. The molecule has 0 amide bonds. The van der Waals surface area contributed by atoms with Crippen molar-refractivity contribution in [3.63, 3.8) is 0 Å². The molecule has 30 heavy (non-hydrogen) atoms. The highest BCUT2D eigenvalue weighted by Crippen LogP contribution is 2.30. The second kappa shape index (κ2) is 8.20. The molecule has 2 atom stereocenters. The topological polar surface area (TPSA) is 71.9 Å². The summed E-state index contributed by atoms with van der Waals surface area (Å²) in [6, 6.07) is 12.2. The Labute approximate surface area is 183 Å². The zero-order chi connectivity index (χ0) is 20.5. The van der Waals surface area contributed by atoms with E-state index in [-0.39, 0.29) is 12.0 Å². The van der Waals surface area contributed by atoms with Gasteiger partial charge in [0.1, 0.15) is 11.9 Å². The third-order valence-corrected chi connectivity index (χ3v) is 5.74. The molecule has 0 saturated carbocycles. The Hall–Kier alpha value is -2.71. The van der Waals surface area contributed by atoms with E-state index >= 15 is 0 Å². The zero-order valence-corrected chi connectivity index (χ0v) is 18.2. The maximum atomic E-state index is 6.20. The van der Waals surface area contributed by atoms with Crippen LogP contribution in [0.25, 0.3) is 10.9 Å². The first-order valence-electron chi connectivity index (χ1n) is 9.96. The summed E-state index contributed by atoms with van der Waals surface area (Å²) in [6.07, 6.45) is 4.80. The van der Waals surface area contributed by atoms with Crippen molar-refractivity contribution in [2.45, 2.75) is 18.4 Å². The lowest BCUT2D eigenvalue weighted by molar-refractivity contribution is 0.141. The number of hydrogen-bond donors (Lipinski definition) is 1. The lowest BCUT2D eigenvalue weighted by Gasteiger charge is -2.17. The number of fused-ring (bicyclic) bond motifs is 1. The molecule has 2 unspecified atom stereocenters. The number of benzene rings is 2. The van der Waals surface area contributed by atoms with Crippen LogP contribution in [0.2, 0.25) is 0 Å². The Bertz CT molecular complexity index is 1100. The molecule has 0 spiro atoms. The predicted molar refractivity (Wildman–Crippen MR) is 121 cm³/mol. The fourth-order valence-corrected chi connectivity index (χ4v) is 4.11. The highest BCUT2D eigenvalue weighted by molar-refractivity contribution is 9.10. The van der Waals surface area contributed by atoms with E-state index in [2.05, 4.69) is 48.4 Å². The number of hydrazone groups is 1. The molecule has 3 aromatic rings. The summed E-state index contributed by atoms with van der Waals surface area (Å²) in [5.74, 6) is 1.58. The molecule has 154 valence electrons. The van der Waals surface area contributed by atoms with Crippen LogP contribution in [-0.2, 0) is 4.74 Å². The van der Waals surface area contributed by atoms with Gasteiger partial charge in [0, 0.05) is 60.0 Å². The van der Waals surface area contributed by atoms with Crippen LogP contribution in [0, 0.1) is 0 Å². The van der Waals surface area contributed by atoms with Gasteiger partial charge in [-0.05, 0) is 35.9 Å². The van der Waals surface area contributed by atoms with Gasteiger partial charge in [0.2, 0.25) is 5.95 Å². The van der Waals surface area contributed by atoms with Crippen LogP contribution in [0.15, 0.2) is 52.2 Å². The second-order valence-electron chi connectivity index (χ2n) is 7.63. The second-order valence-corrected chi connectivity index (χ2v) is 8.54. The number of hydrogen-bond acceptors (Lipinski definition) is 7. The monoisotopic (exact) mass is 467 g/mol. The Morgan fingerprint density at radius 2 is 2.17 bits per heavy atom. The molecule has 8 heteroatoms. The molecule has 0 radical (unpaired) electrons. The summed E-state index contributed by atoms with van der Waals surface area (Å²) in [6.45, 7) is 2.22. The van der Waals surface area contributed by atoms with E-state index in [1.54, 1.807) is 0 Å². The van der Waals surface area contributed by atoms with E-state index in [9.17, 15) is 0 Å². The van der Waals surface area contributed by atoms with Gasteiger partial charge in [-0.2, -0.15) is 5.10 Å². The third-order valence-electron chi connectivity index (χ3n) is 5.25. The fraction of sp³-hybridized carbons (Fsp3) is 0.318. The summed E-state index contributed by atoms with van der Waals surface area (Å²) >= 11 is 3.48. The minimum Gasteiger partial charge on any atom is -0.488 e. The number of anilines is 2. The Morgan fingerprint density at radius 3 is 2.97 bits per heavy atom. The molecule has 0 aliphatic carbocycles. The van der Waals surface area contributed by atoms with Crippen molar-refractivity contribution in [1.29, 1.82) is 0 Å². The molecule has 2 aromatic carbocycles. The molecule has 1 aromatic heterocycles. The van der Waals surface area contributed by atoms with Crippen LogP contribution < -0.4 is 10.1 Å². The van der Waals surface area contributed by atoms with Crippen LogP contribution in [-0.4, -0.2) is 54.1 Å². The first-order valence-corrected chi connectivity index (χ1v) is 10.8. The first kappa shape index (κ1) is 19.3. The van der Waals surface area contributed by atoms with E-state index in [1.807, 2.05) is 48.7 Å². The number of nitrogens with one attached hydrogen (secondary N) is 1. The summed E-state index contributed by atoms with van der Waals surface area (Å²) in [5.41, 5.74) is 2.92. The van der Waals surface area contributed by atoms with Crippen LogP contribution >= 0.6 is 15.9 Å². The summed E-state index contributed by atoms with van der Waals surface area (Å²) in [7, 11) is 1.98. The van der Waals surface area contributed by atoms with Gasteiger partial charge in [-0.1, -0.05) is 15.9 Å². The van der Waals surface area contributed by atoms with Gasteiger partial charge in [-0.15, -0.1) is 0 Å². The van der Waals surface area contributed by atoms with Crippen molar-refractivity contribution in [1.82, 2.24) is 15.0 Å². The highest BCUT2D eigenvalue weighted by Gasteiger charge is 2.21. The Morgan fingerprint density at radius 1 is 1.23 bits per heavy atom. The van der Waals surface area contributed by atoms with Crippen molar-refractivity contribution >= 4 is 44.7 Å². The minimum atomic E-state index is 0.0865. The van der Waals surface area contributed by atoms with Crippen LogP contribution in [0.1, 0.15) is 17.9 Å². The lowest BCUT2D eigenvalue weighted by Crippen LogP contribution is -2.16. The predicted octanol–water partition coefficient (Wildman–Crippen LogP) is 4.32. The molecule has 0 bridgehead atoms. The van der Waals surface area contributed by atoms with Gasteiger partial charge >= 0.3 is 0 Å². The minimum absolute atomic E-state index is 0.0865. The van der Waals surface area contributed by atoms with Gasteiger partial charge in [-0.3, -0.25) is 5.01 Å². The maximum Gasteiger partial charge on any atom is 0.227 e. The third kappa shape index (κ3) is 4.24. The Kier molecular flexibility index (Phi) is 5.26. The average Bonchev–Trinajstić information content (AvgIpc) is 3.40. The molecule has 2 aliphatic rings. The quantitative estimate of drug-likeness (QED) is 0.602. The number of nitrogens with zero attached hydrogens (tertiary/aromatic N) is 4. The van der Waals surface area contributed by atoms with Crippen molar-refractivity contribution < 1.29 is 9.47 Å². The molecule has 2 aliphatic heterocycles. The zero-order valence-electron chi connectivity index (χ0n) is 16.6. The summed E-state index contributed by atoms with van der Waals surface area (Å²) in [5, 5.41) is 10.7.